The van der Waals surface area contributed by atoms with Crippen molar-refractivity contribution in [2.75, 3.05) is 19.6 Å². The number of halogens is 4. The molecule has 3 aromatic rings. The van der Waals surface area contributed by atoms with E-state index in [-0.39, 0.29) is 25.2 Å². The Hall–Kier alpha value is -4.17. The van der Waals surface area contributed by atoms with Crippen molar-refractivity contribution in [1.82, 2.24) is 20.2 Å². The van der Waals surface area contributed by atoms with E-state index in [1.165, 1.54) is 0 Å². The molecule has 1 unspecified atom stereocenters. The van der Waals surface area contributed by atoms with E-state index in [2.05, 4.69) is 27.1 Å². The molecule has 198 valence electrons. The number of carbonyl (C=O) groups is 1. The van der Waals surface area contributed by atoms with Crippen molar-refractivity contribution >= 4 is 5.91 Å². The van der Waals surface area contributed by atoms with Crippen LogP contribution in [0.15, 0.2) is 59.7 Å². The first-order valence-corrected chi connectivity index (χ1v) is 11.7. The molecule has 1 aliphatic heterocycles. The number of nitrogens with zero attached hydrogens (tertiary/aromatic N) is 2. The lowest BCUT2D eigenvalue weighted by Crippen LogP contribution is -2.55. The molecule has 1 aliphatic rings. The lowest BCUT2D eigenvalue weighted by Gasteiger charge is -2.38. The Bertz CT molecular complexity index is 1390. The Morgan fingerprint density at radius 3 is 2.18 bits per heavy atom. The van der Waals surface area contributed by atoms with Crippen LogP contribution >= 0.6 is 0 Å². The summed E-state index contributed by atoms with van der Waals surface area (Å²) in [5.74, 6) is 0.733. The second kappa shape index (κ2) is 11.5. The molecule has 0 aliphatic carbocycles. The summed E-state index contributed by atoms with van der Waals surface area (Å²) in [6.07, 6.45) is -1.74. The van der Waals surface area contributed by atoms with E-state index < -0.39 is 42.0 Å². The third-order valence-corrected chi connectivity index (χ3v) is 5.95. The first-order valence-electron chi connectivity index (χ1n) is 11.7. The van der Waals surface area contributed by atoms with Gasteiger partial charge in [-0.1, -0.05) is 36.1 Å². The van der Waals surface area contributed by atoms with Crippen molar-refractivity contribution in [3.05, 3.63) is 93.2 Å². The van der Waals surface area contributed by atoms with E-state index in [0.29, 0.717) is 17.7 Å². The maximum absolute atomic E-state index is 13.0. The molecule has 0 radical (unpaired) electrons. The molecule has 4 rings (SSSR count). The maximum atomic E-state index is 13.0. The molecule has 1 aromatic heterocycles. The van der Waals surface area contributed by atoms with Gasteiger partial charge >= 0.3 is 0 Å². The largest absolute Gasteiger partial charge is 0.502 e. The zero-order valence-corrected chi connectivity index (χ0v) is 20.1. The smallest absolute Gasteiger partial charge is 0.293 e. The zero-order valence-electron chi connectivity index (χ0n) is 20.1. The van der Waals surface area contributed by atoms with E-state index in [1.54, 1.807) is 29.2 Å². The average Bonchev–Trinajstić information content (AvgIpc) is 2.87. The van der Waals surface area contributed by atoms with Gasteiger partial charge in [0.15, 0.2) is 0 Å². The van der Waals surface area contributed by atoms with Crippen LogP contribution in [0.1, 0.15) is 33.9 Å². The number of H-pyrrole nitrogens is 1. The molecule has 3 N–H and O–H groups in total. The molecule has 0 saturated carbocycles. The fraction of sp³-hybridized carbons (Fsp3) is 0.296. The number of carbonyl (C=O) groups excluding carboxylic acids is 1. The SMILES string of the molecule is O=C(NCC(F)F)C(Cc1ccc(C#Cc2ccc(CN3CC(F)(F)C3)cc2)cc1)c1nc[nH]c(=O)c1O. The number of rotatable bonds is 8. The molecule has 2 heterocycles. The van der Waals surface area contributed by atoms with Crippen LogP contribution in [0.5, 0.6) is 5.75 Å². The number of amides is 1. The second-order valence-electron chi connectivity index (χ2n) is 9.00. The highest BCUT2D eigenvalue weighted by molar-refractivity contribution is 5.84. The number of hydrogen-bond acceptors (Lipinski definition) is 5. The van der Waals surface area contributed by atoms with Crippen LogP contribution in [-0.2, 0) is 17.8 Å². The Morgan fingerprint density at radius 1 is 1.05 bits per heavy atom. The predicted molar refractivity (Wildman–Crippen MR) is 131 cm³/mol. The molecule has 0 bridgehead atoms. The zero-order chi connectivity index (χ0) is 27.3. The van der Waals surface area contributed by atoms with Crippen molar-refractivity contribution in [1.29, 1.82) is 0 Å². The first kappa shape index (κ1) is 26.9. The number of nitrogens with one attached hydrogen (secondary N) is 2. The number of aromatic amines is 1. The lowest BCUT2D eigenvalue weighted by atomic mass is 9.94. The van der Waals surface area contributed by atoms with Gasteiger partial charge < -0.3 is 15.4 Å². The van der Waals surface area contributed by atoms with Gasteiger partial charge in [-0.2, -0.15) is 0 Å². The molecule has 38 heavy (non-hydrogen) atoms. The summed E-state index contributed by atoms with van der Waals surface area (Å²) in [4.78, 5) is 32.1. The number of aromatic nitrogens is 2. The molecule has 11 heteroatoms. The summed E-state index contributed by atoms with van der Waals surface area (Å²) in [5, 5.41) is 12.2. The van der Waals surface area contributed by atoms with Crippen molar-refractivity contribution < 1.29 is 27.5 Å². The van der Waals surface area contributed by atoms with Gasteiger partial charge in [-0.05, 0) is 41.8 Å². The number of hydrogen-bond donors (Lipinski definition) is 3. The van der Waals surface area contributed by atoms with Crippen molar-refractivity contribution in [2.24, 2.45) is 0 Å². The van der Waals surface area contributed by atoms with Gasteiger partial charge in [0.25, 0.3) is 17.9 Å². The van der Waals surface area contributed by atoms with E-state index in [1.807, 2.05) is 24.3 Å². The standard InChI is InChI=1S/C27H24F4N4O3/c28-22(29)12-32-25(37)21(23-24(36)26(38)34-16-33-23)11-19-7-3-17(4-8-19)1-2-18-5-9-20(10-6-18)13-35-14-27(30,31)15-35/h3-10,16,21-22,36H,11-15H2,(H,32,37)(H,33,34,38). The second-order valence-corrected chi connectivity index (χ2v) is 9.00. The first-order chi connectivity index (χ1) is 18.1. The van der Waals surface area contributed by atoms with Crippen LogP contribution in [0.4, 0.5) is 17.6 Å². The minimum atomic E-state index is -2.76. The number of aromatic hydroxyl groups is 1. The molecule has 1 fully saturated rings. The van der Waals surface area contributed by atoms with Crippen molar-refractivity contribution in [2.45, 2.75) is 31.2 Å². The predicted octanol–water partition coefficient (Wildman–Crippen LogP) is 3.03. The topological polar surface area (TPSA) is 98.3 Å². The molecule has 7 nitrogen and oxygen atoms in total. The monoisotopic (exact) mass is 528 g/mol. The van der Waals surface area contributed by atoms with Gasteiger partial charge in [-0.15, -0.1) is 0 Å². The van der Waals surface area contributed by atoms with Gasteiger partial charge in [-0.25, -0.2) is 22.5 Å². The van der Waals surface area contributed by atoms with Crippen molar-refractivity contribution in [3.8, 4) is 17.6 Å². The molecular weight excluding hydrogens is 504 g/mol. The van der Waals surface area contributed by atoms with Gasteiger partial charge in [0.1, 0.15) is 5.69 Å². The van der Waals surface area contributed by atoms with Crippen LogP contribution in [0, 0.1) is 11.8 Å². The normalized spacial score (nSPS) is 15.3. The minimum absolute atomic E-state index is 0.00277. The fourth-order valence-corrected chi connectivity index (χ4v) is 4.05. The number of alkyl halides is 4. The average molecular weight is 529 g/mol. The minimum Gasteiger partial charge on any atom is -0.502 e. The molecule has 1 amide bonds. The molecule has 1 saturated heterocycles. The Labute approximate surface area is 215 Å². The van der Waals surface area contributed by atoms with E-state index in [0.717, 1.165) is 17.5 Å². The van der Waals surface area contributed by atoms with Crippen LogP contribution in [0.2, 0.25) is 0 Å². The molecular formula is C27H24F4N4O3. The quantitative estimate of drug-likeness (QED) is 0.309. The summed E-state index contributed by atoms with van der Waals surface area (Å²) < 4.78 is 51.2. The van der Waals surface area contributed by atoms with Gasteiger partial charge in [0, 0.05) is 17.7 Å². The van der Waals surface area contributed by atoms with E-state index >= 15 is 0 Å². The summed E-state index contributed by atoms with van der Waals surface area (Å²) in [6, 6.07) is 14.2. The number of benzene rings is 2. The third kappa shape index (κ3) is 6.98. The number of likely N-dealkylation sites (tertiary alicyclic amines) is 1. The highest BCUT2D eigenvalue weighted by atomic mass is 19.3. The summed E-state index contributed by atoms with van der Waals surface area (Å²) in [6.45, 7) is -0.875. The van der Waals surface area contributed by atoms with Crippen LogP contribution in [-0.4, -0.2) is 57.9 Å². The lowest BCUT2D eigenvalue weighted by molar-refractivity contribution is -0.133. The summed E-state index contributed by atoms with van der Waals surface area (Å²) >= 11 is 0. The molecule has 1 atom stereocenters. The van der Waals surface area contributed by atoms with Crippen molar-refractivity contribution in [3.63, 3.8) is 0 Å². The van der Waals surface area contributed by atoms with Crippen LogP contribution in [0.25, 0.3) is 0 Å². The fourth-order valence-electron chi connectivity index (χ4n) is 4.05. The molecule has 2 aromatic carbocycles. The van der Waals surface area contributed by atoms with Gasteiger partial charge in [0.2, 0.25) is 11.7 Å². The Kier molecular flexibility index (Phi) is 8.12. The van der Waals surface area contributed by atoms with Crippen LogP contribution in [0.3, 0.4) is 0 Å². The van der Waals surface area contributed by atoms with Gasteiger partial charge in [0.05, 0.1) is 31.9 Å². The Morgan fingerprint density at radius 2 is 1.63 bits per heavy atom. The third-order valence-electron chi connectivity index (χ3n) is 5.95. The Balaban J connectivity index is 1.42. The summed E-state index contributed by atoms with van der Waals surface area (Å²) in [7, 11) is 0. The van der Waals surface area contributed by atoms with E-state index in [4.69, 9.17) is 0 Å². The summed E-state index contributed by atoms with van der Waals surface area (Å²) in [5.41, 5.74) is 1.92. The van der Waals surface area contributed by atoms with Gasteiger partial charge in [-0.3, -0.25) is 14.5 Å². The highest BCUT2D eigenvalue weighted by Crippen LogP contribution is 2.28. The van der Waals surface area contributed by atoms with E-state index in [9.17, 15) is 32.3 Å². The highest BCUT2D eigenvalue weighted by Gasteiger charge is 2.43. The maximum Gasteiger partial charge on any atom is 0.293 e. The van der Waals surface area contributed by atoms with Crippen LogP contribution < -0.4 is 10.9 Å². The molecule has 0 spiro atoms.